The van der Waals surface area contributed by atoms with Gasteiger partial charge in [0, 0.05) is 24.8 Å². The molecule has 0 unspecified atom stereocenters. The Morgan fingerprint density at radius 3 is 2.71 bits per heavy atom. The van der Waals surface area contributed by atoms with Crippen molar-refractivity contribution in [2.75, 3.05) is 17.7 Å². The van der Waals surface area contributed by atoms with E-state index in [1.165, 1.54) is 6.07 Å². The summed E-state index contributed by atoms with van der Waals surface area (Å²) in [6.45, 7) is 2.49. The predicted molar refractivity (Wildman–Crippen MR) is 66.4 cm³/mol. The van der Waals surface area contributed by atoms with Crippen molar-refractivity contribution in [1.29, 1.82) is 0 Å². The summed E-state index contributed by atoms with van der Waals surface area (Å²) in [5, 5.41) is 0. The van der Waals surface area contributed by atoms with Crippen LogP contribution in [0.5, 0.6) is 0 Å². The summed E-state index contributed by atoms with van der Waals surface area (Å²) < 4.78 is 18.9. The molecular formula is C13H15FN2O. The maximum Gasteiger partial charge on any atom is 0.148 e. The van der Waals surface area contributed by atoms with Gasteiger partial charge >= 0.3 is 0 Å². The second-order valence-electron chi connectivity index (χ2n) is 4.07. The molecule has 0 saturated carbocycles. The van der Waals surface area contributed by atoms with E-state index in [2.05, 4.69) is 0 Å². The first kappa shape index (κ1) is 11.5. The fraction of sp³-hybridized carbons (Fsp3) is 0.231. The largest absolute Gasteiger partial charge is 0.469 e. The summed E-state index contributed by atoms with van der Waals surface area (Å²) >= 11 is 0. The molecule has 1 aromatic heterocycles. The molecule has 2 aromatic rings. The van der Waals surface area contributed by atoms with Crippen LogP contribution in [0.3, 0.4) is 0 Å². The molecule has 2 rings (SSSR count). The SMILES string of the molecule is Cc1occc1CN(C)c1ccc(N)cc1F. The van der Waals surface area contributed by atoms with Crippen LogP contribution >= 0.6 is 0 Å². The molecule has 0 amide bonds. The summed E-state index contributed by atoms with van der Waals surface area (Å²) in [4.78, 5) is 1.83. The third kappa shape index (κ3) is 2.41. The van der Waals surface area contributed by atoms with E-state index in [0.717, 1.165) is 11.3 Å². The minimum absolute atomic E-state index is 0.311. The van der Waals surface area contributed by atoms with E-state index in [4.69, 9.17) is 10.2 Å². The number of anilines is 2. The lowest BCUT2D eigenvalue weighted by atomic mass is 10.2. The van der Waals surface area contributed by atoms with Crippen molar-refractivity contribution < 1.29 is 8.81 Å². The summed E-state index contributed by atoms with van der Waals surface area (Å²) in [7, 11) is 1.83. The summed E-state index contributed by atoms with van der Waals surface area (Å²) in [5.41, 5.74) is 7.52. The zero-order valence-electron chi connectivity index (χ0n) is 9.90. The molecule has 0 radical (unpaired) electrons. The van der Waals surface area contributed by atoms with E-state index in [-0.39, 0.29) is 5.82 Å². The monoisotopic (exact) mass is 234 g/mol. The number of furan rings is 1. The summed E-state index contributed by atoms with van der Waals surface area (Å²) in [6.07, 6.45) is 1.64. The Labute approximate surface area is 99.6 Å². The van der Waals surface area contributed by atoms with Crippen LogP contribution < -0.4 is 10.6 Å². The van der Waals surface area contributed by atoms with Crippen LogP contribution in [-0.2, 0) is 6.54 Å². The first-order chi connectivity index (χ1) is 8.08. The highest BCUT2D eigenvalue weighted by atomic mass is 19.1. The fourth-order valence-electron chi connectivity index (χ4n) is 1.75. The number of nitrogens with two attached hydrogens (primary N) is 1. The Morgan fingerprint density at radius 1 is 1.35 bits per heavy atom. The molecule has 0 aliphatic heterocycles. The lowest BCUT2D eigenvalue weighted by Crippen LogP contribution is -2.17. The lowest BCUT2D eigenvalue weighted by molar-refractivity contribution is 0.529. The fourth-order valence-corrected chi connectivity index (χ4v) is 1.75. The maximum atomic E-state index is 13.7. The molecule has 2 N–H and O–H groups in total. The number of halogens is 1. The maximum absolute atomic E-state index is 13.7. The Morgan fingerprint density at radius 2 is 2.12 bits per heavy atom. The Balaban J connectivity index is 2.20. The van der Waals surface area contributed by atoms with Crippen LogP contribution in [-0.4, -0.2) is 7.05 Å². The van der Waals surface area contributed by atoms with Crippen LogP contribution in [0.2, 0.25) is 0 Å². The van der Waals surface area contributed by atoms with Gasteiger partial charge in [0.1, 0.15) is 11.6 Å². The zero-order chi connectivity index (χ0) is 12.4. The molecule has 0 saturated heterocycles. The molecule has 90 valence electrons. The van der Waals surface area contributed by atoms with Gasteiger partial charge in [-0.15, -0.1) is 0 Å². The van der Waals surface area contributed by atoms with Crippen LogP contribution in [0, 0.1) is 12.7 Å². The number of aryl methyl sites for hydroxylation is 1. The van der Waals surface area contributed by atoms with Gasteiger partial charge in [-0.05, 0) is 31.2 Å². The second-order valence-corrected chi connectivity index (χ2v) is 4.07. The van der Waals surface area contributed by atoms with Crippen molar-refractivity contribution in [3.8, 4) is 0 Å². The molecule has 0 spiro atoms. The van der Waals surface area contributed by atoms with Gasteiger partial charge in [0.25, 0.3) is 0 Å². The van der Waals surface area contributed by atoms with Gasteiger partial charge in [-0.2, -0.15) is 0 Å². The van der Waals surface area contributed by atoms with E-state index < -0.39 is 0 Å². The Kier molecular flexibility index (Phi) is 3.04. The van der Waals surface area contributed by atoms with Gasteiger partial charge in [0.15, 0.2) is 0 Å². The first-order valence-corrected chi connectivity index (χ1v) is 5.37. The molecule has 0 fully saturated rings. The summed E-state index contributed by atoms with van der Waals surface area (Å²) in [5.74, 6) is 0.543. The van der Waals surface area contributed by atoms with Crippen molar-refractivity contribution >= 4 is 11.4 Å². The zero-order valence-corrected chi connectivity index (χ0v) is 9.90. The molecule has 0 aliphatic rings. The van der Waals surface area contributed by atoms with Gasteiger partial charge in [0.2, 0.25) is 0 Å². The van der Waals surface area contributed by atoms with E-state index >= 15 is 0 Å². The van der Waals surface area contributed by atoms with Crippen molar-refractivity contribution in [3.05, 3.63) is 47.7 Å². The molecular weight excluding hydrogens is 219 g/mol. The Bertz CT molecular complexity index is 522. The van der Waals surface area contributed by atoms with E-state index in [1.54, 1.807) is 18.4 Å². The number of nitrogen functional groups attached to an aromatic ring is 1. The lowest BCUT2D eigenvalue weighted by Gasteiger charge is -2.19. The third-order valence-electron chi connectivity index (χ3n) is 2.76. The number of hydrogen-bond donors (Lipinski definition) is 1. The smallest absolute Gasteiger partial charge is 0.148 e. The van der Waals surface area contributed by atoms with Crippen molar-refractivity contribution in [2.24, 2.45) is 0 Å². The minimum Gasteiger partial charge on any atom is -0.469 e. The average molecular weight is 234 g/mol. The first-order valence-electron chi connectivity index (χ1n) is 5.37. The van der Waals surface area contributed by atoms with Gasteiger partial charge in [-0.25, -0.2) is 4.39 Å². The minimum atomic E-state index is -0.311. The van der Waals surface area contributed by atoms with Crippen LogP contribution in [0.1, 0.15) is 11.3 Å². The highest BCUT2D eigenvalue weighted by Crippen LogP contribution is 2.23. The molecule has 0 aliphatic carbocycles. The highest BCUT2D eigenvalue weighted by molar-refractivity contribution is 5.54. The molecule has 3 nitrogen and oxygen atoms in total. The second kappa shape index (κ2) is 4.49. The van der Waals surface area contributed by atoms with Crippen molar-refractivity contribution in [3.63, 3.8) is 0 Å². The number of hydrogen-bond acceptors (Lipinski definition) is 3. The molecule has 0 bridgehead atoms. The van der Waals surface area contributed by atoms with Crippen LogP contribution in [0.25, 0.3) is 0 Å². The molecule has 0 atom stereocenters. The average Bonchev–Trinajstić information content (AvgIpc) is 2.64. The van der Waals surface area contributed by atoms with Crippen molar-refractivity contribution in [2.45, 2.75) is 13.5 Å². The third-order valence-corrected chi connectivity index (χ3v) is 2.76. The predicted octanol–water partition coefficient (Wildman–Crippen LogP) is 2.95. The molecule has 4 heteroatoms. The number of benzene rings is 1. The molecule has 1 aromatic carbocycles. The summed E-state index contributed by atoms with van der Waals surface area (Å²) in [6, 6.07) is 6.59. The van der Waals surface area contributed by atoms with Crippen LogP contribution in [0.15, 0.2) is 34.9 Å². The Hall–Kier alpha value is -1.97. The topological polar surface area (TPSA) is 42.4 Å². The van der Waals surface area contributed by atoms with E-state index in [0.29, 0.717) is 17.9 Å². The molecule has 1 heterocycles. The molecule has 17 heavy (non-hydrogen) atoms. The van der Waals surface area contributed by atoms with Gasteiger partial charge in [-0.3, -0.25) is 0 Å². The quantitative estimate of drug-likeness (QED) is 0.830. The van der Waals surface area contributed by atoms with Crippen LogP contribution in [0.4, 0.5) is 15.8 Å². The van der Waals surface area contributed by atoms with E-state index in [9.17, 15) is 4.39 Å². The van der Waals surface area contributed by atoms with Gasteiger partial charge in [0.05, 0.1) is 12.0 Å². The van der Waals surface area contributed by atoms with Gasteiger partial charge in [-0.1, -0.05) is 0 Å². The number of rotatable bonds is 3. The number of nitrogens with zero attached hydrogens (tertiary/aromatic N) is 1. The highest BCUT2D eigenvalue weighted by Gasteiger charge is 2.10. The van der Waals surface area contributed by atoms with Crippen molar-refractivity contribution in [1.82, 2.24) is 0 Å². The van der Waals surface area contributed by atoms with Gasteiger partial charge < -0.3 is 15.1 Å². The standard InChI is InChI=1S/C13H15FN2O/c1-9-10(5-6-17-9)8-16(2)13-4-3-11(15)7-12(13)14/h3-7H,8,15H2,1-2H3. The van der Waals surface area contributed by atoms with E-state index in [1.807, 2.05) is 24.9 Å². The normalized spacial score (nSPS) is 10.5.